The van der Waals surface area contributed by atoms with Gasteiger partial charge >= 0.3 is 0 Å². The highest BCUT2D eigenvalue weighted by Gasteiger charge is 2.31. The van der Waals surface area contributed by atoms with Gasteiger partial charge in [0.2, 0.25) is 5.91 Å². The molecule has 6 heteroatoms. The molecular formula is C15H17ClN4O. The third-order valence-electron chi connectivity index (χ3n) is 3.51. The van der Waals surface area contributed by atoms with E-state index in [0.717, 1.165) is 35.5 Å². The summed E-state index contributed by atoms with van der Waals surface area (Å²) in [5.74, 6) is -0.0386. The second kappa shape index (κ2) is 5.50. The first-order chi connectivity index (χ1) is 10.1. The van der Waals surface area contributed by atoms with Gasteiger partial charge in [0.25, 0.3) is 0 Å². The number of nitrogens with zero attached hydrogens (tertiary/aromatic N) is 2. The molecule has 1 aliphatic heterocycles. The summed E-state index contributed by atoms with van der Waals surface area (Å²) in [6.45, 7) is 4.82. The summed E-state index contributed by atoms with van der Waals surface area (Å²) in [6.07, 6.45) is 4.64. The van der Waals surface area contributed by atoms with Gasteiger partial charge in [-0.2, -0.15) is 5.10 Å². The molecule has 5 nitrogen and oxygen atoms in total. The summed E-state index contributed by atoms with van der Waals surface area (Å²) in [4.78, 5) is 12.1. The summed E-state index contributed by atoms with van der Waals surface area (Å²) in [7, 11) is 0. The number of carbonyl (C=O) groups excluding carboxylic acids is 1. The molecule has 2 aromatic rings. The zero-order chi connectivity index (χ0) is 15.0. The quantitative estimate of drug-likeness (QED) is 0.913. The van der Waals surface area contributed by atoms with Crippen molar-refractivity contribution in [1.82, 2.24) is 15.1 Å². The molecule has 0 saturated heterocycles. The number of halogens is 1. The van der Waals surface area contributed by atoms with Gasteiger partial charge in [-0.3, -0.25) is 4.79 Å². The molecule has 0 aliphatic carbocycles. The highest BCUT2D eigenvalue weighted by atomic mass is 35.5. The molecule has 1 atom stereocenters. The Kier molecular flexibility index (Phi) is 3.69. The third kappa shape index (κ3) is 2.54. The van der Waals surface area contributed by atoms with Gasteiger partial charge in [0.05, 0.1) is 16.9 Å². The molecule has 21 heavy (non-hydrogen) atoms. The van der Waals surface area contributed by atoms with Crippen LogP contribution in [0.5, 0.6) is 0 Å². The van der Waals surface area contributed by atoms with E-state index >= 15 is 0 Å². The van der Waals surface area contributed by atoms with Crippen LogP contribution in [-0.2, 0) is 4.79 Å². The maximum atomic E-state index is 12.1. The molecular weight excluding hydrogens is 288 g/mol. The van der Waals surface area contributed by atoms with E-state index < -0.39 is 0 Å². The fourth-order valence-electron chi connectivity index (χ4n) is 2.48. The van der Waals surface area contributed by atoms with Crippen LogP contribution in [0, 0.1) is 6.92 Å². The van der Waals surface area contributed by atoms with Crippen molar-refractivity contribution < 1.29 is 4.79 Å². The molecule has 0 bridgehead atoms. The van der Waals surface area contributed by atoms with Gasteiger partial charge in [0.1, 0.15) is 6.04 Å². The van der Waals surface area contributed by atoms with Gasteiger partial charge in [0, 0.05) is 17.4 Å². The van der Waals surface area contributed by atoms with E-state index in [-0.39, 0.29) is 11.9 Å². The van der Waals surface area contributed by atoms with Crippen molar-refractivity contribution >= 4 is 23.2 Å². The van der Waals surface area contributed by atoms with Crippen molar-refractivity contribution in [2.45, 2.75) is 26.3 Å². The van der Waals surface area contributed by atoms with Crippen LogP contribution in [0.1, 0.15) is 30.5 Å². The fraction of sp³-hybridized carbons (Fsp3) is 0.333. The number of hydrogen-bond donors (Lipinski definition) is 2. The minimum absolute atomic E-state index is 0.0386. The molecule has 1 aromatic carbocycles. The highest BCUT2D eigenvalue weighted by molar-refractivity contribution is 6.32. The minimum atomic E-state index is -0.328. The Hall–Kier alpha value is -1.85. The molecule has 0 saturated carbocycles. The summed E-state index contributed by atoms with van der Waals surface area (Å²) >= 11 is 6.37. The van der Waals surface area contributed by atoms with E-state index in [1.54, 1.807) is 10.9 Å². The number of anilines is 1. The van der Waals surface area contributed by atoms with Crippen molar-refractivity contribution in [3.63, 3.8) is 0 Å². The SMILES string of the molecule is CCCNC1C(=O)Nc2cc(-n3cc(C)cn3)c(Cl)cc21. The van der Waals surface area contributed by atoms with Crippen molar-refractivity contribution in [2.24, 2.45) is 0 Å². The van der Waals surface area contributed by atoms with Crippen LogP contribution in [0.15, 0.2) is 24.5 Å². The van der Waals surface area contributed by atoms with Gasteiger partial charge in [-0.15, -0.1) is 0 Å². The smallest absolute Gasteiger partial charge is 0.246 e. The Balaban J connectivity index is 1.99. The van der Waals surface area contributed by atoms with Gasteiger partial charge in [-0.1, -0.05) is 18.5 Å². The van der Waals surface area contributed by atoms with Crippen LogP contribution < -0.4 is 10.6 Å². The second-order valence-electron chi connectivity index (χ2n) is 5.23. The number of benzene rings is 1. The molecule has 0 spiro atoms. The topological polar surface area (TPSA) is 59.0 Å². The van der Waals surface area contributed by atoms with Crippen molar-refractivity contribution in [1.29, 1.82) is 0 Å². The van der Waals surface area contributed by atoms with Crippen LogP contribution in [0.2, 0.25) is 5.02 Å². The monoisotopic (exact) mass is 304 g/mol. The van der Waals surface area contributed by atoms with Crippen LogP contribution in [0.25, 0.3) is 5.69 Å². The maximum Gasteiger partial charge on any atom is 0.246 e. The number of carbonyl (C=O) groups is 1. The average molecular weight is 305 g/mol. The molecule has 1 aromatic heterocycles. The molecule has 1 unspecified atom stereocenters. The normalized spacial score (nSPS) is 16.9. The lowest BCUT2D eigenvalue weighted by Crippen LogP contribution is -2.28. The summed E-state index contributed by atoms with van der Waals surface area (Å²) in [5, 5.41) is 11.0. The van der Waals surface area contributed by atoms with Crippen molar-refractivity contribution in [2.75, 3.05) is 11.9 Å². The van der Waals surface area contributed by atoms with Gasteiger partial charge in [0.15, 0.2) is 0 Å². The van der Waals surface area contributed by atoms with E-state index in [9.17, 15) is 4.79 Å². The number of nitrogens with one attached hydrogen (secondary N) is 2. The molecule has 2 heterocycles. The lowest BCUT2D eigenvalue weighted by atomic mass is 10.1. The van der Waals surface area contributed by atoms with Crippen molar-refractivity contribution in [3.8, 4) is 5.69 Å². The number of aromatic nitrogens is 2. The van der Waals surface area contributed by atoms with E-state index in [1.165, 1.54) is 0 Å². The Morgan fingerprint density at radius 3 is 2.95 bits per heavy atom. The van der Waals surface area contributed by atoms with E-state index in [4.69, 9.17) is 11.6 Å². The standard InChI is InChI=1S/C15H17ClN4O/c1-3-4-17-14-10-5-11(16)13(6-12(10)19-15(14)21)20-8-9(2)7-18-20/h5-8,14,17H,3-4H2,1-2H3,(H,19,21). The van der Waals surface area contributed by atoms with Gasteiger partial charge in [-0.25, -0.2) is 4.68 Å². The lowest BCUT2D eigenvalue weighted by molar-refractivity contribution is -0.117. The molecule has 2 N–H and O–H groups in total. The predicted molar refractivity (Wildman–Crippen MR) is 83.0 cm³/mol. The number of hydrogen-bond acceptors (Lipinski definition) is 3. The molecule has 0 fully saturated rings. The molecule has 110 valence electrons. The first-order valence-electron chi connectivity index (χ1n) is 6.99. The Labute approximate surface area is 128 Å². The molecule has 3 rings (SSSR count). The number of amides is 1. The second-order valence-corrected chi connectivity index (χ2v) is 5.64. The number of rotatable bonds is 4. The Bertz CT molecular complexity index is 695. The molecule has 1 amide bonds. The zero-order valence-corrected chi connectivity index (χ0v) is 12.7. The third-order valence-corrected chi connectivity index (χ3v) is 3.81. The van der Waals surface area contributed by atoms with E-state index in [1.807, 2.05) is 25.3 Å². The van der Waals surface area contributed by atoms with Crippen LogP contribution in [-0.4, -0.2) is 22.2 Å². The zero-order valence-electron chi connectivity index (χ0n) is 12.0. The maximum absolute atomic E-state index is 12.1. The van der Waals surface area contributed by atoms with Crippen molar-refractivity contribution in [3.05, 3.63) is 40.7 Å². The molecule has 1 aliphatic rings. The summed E-state index contributed by atoms with van der Waals surface area (Å²) in [6, 6.07) is 3.38. The number of fused-ring (bicyclic) bond motifs is 1. The fourth-order valence-corrected chi connectivity index (χ4v) is 2.74. The largest absolute Gasteiger partial charge is 0.324 e. The Morgan fingerprint density at radius 1 is 1.48 bits per heavy atom. The predicted octanol–water partition coefficient (Wildman–Crippen LogP) is 2.83. The summed E-state index contributed by atoms with van der Waals surface area (Å²) < 4.78 is 1.72. The number of aryl methyl sites for hydroxylation is 1. The molecule has 0 radical (unpaired) electrons. The summed E-state index contributed by atoms with van der Waals surface area (Å²) in [5.41, 5.74) is 3.50. The van der Waals surface area contributed by atoms with Gasteiger partial charge < -0.3 is 10.6 Å². The first-order valence-corrected chi connectivity index (χ1v) is 7.37. The first kappa shape index (κ1) is 14.1. The van der Waals surface area contributed by atoms with E-state index in [2.05, 4.69) is 22.7 Å². The van der Waals surface area contributed by atoms with Crippen LogP contribution in [0.3, 0.4) is 0 Å². The lowest BCUT2D eigenvalue weighted by Gasteiger charge is -2.12. The highest BCUT2D eigenvalue weighted by Crippen LogP contribution is 2.36. The van der Waals surface area contributed by atoms with Gasteiger partial charge in [-0.05, 0) is 37.6 Å². The van der Waals surface area contributed by atoms with Crippen LogP contribution >= 0.6 is 11.6 Å². The average Bonchev–Trinajstić information content (AvgIpc) is 2.99. The van der Waals surface area contributed by atoms with Crippen LogP contribution in [0.4, 0.5) is 5.69 Å². The minimum Gasteiger partial charge on any atom is -0.324 e. The van der Waals surface area contributed by atoms with E-state index in [0.29, 0.717) is 5.02 Å². The Morgan fingerprint density at radius 2 is 2.29 bits per heavy atom.